The van der Waals surface area contributed by atoms with E-state index >= 15 is 0 Å². The Labute approximate surface area is 186 Å². The number of rotatable bonds is 13. The molecule has 0 aliphatic carbocycles. The summed E-state index contributed by atoms with van der Waals surface area (Å²) in [5.41, 5.74) is 1.20. The Morgan fingerprint density at radius 2 is 1.82 bits per heavy atom. The lowest BCUT2D eigenvalue weighted by Gasteiger charge is -2.16. The molecule has 0 fully saturated rings. The fourth-order valence-corrected chi connectivity index (χ4v) is 2.56. The van der Waals surface area contributed by atoms with Crippen molar-refractivity contribution in [3.8, 4) is 0 Å². The number of esters is 1. The average Bonchev–Trinajstić information content (AvgIpc) is 2.70. The minimum Gasteiger partial charge on any atom is -0.469 e. The van der Waals surface area contributed by atoms with Gasteiger partial charge in [-0.25, -0.2) is 0 Å². The van der Waals surface area contributed by atoms with Crippen LogP contribution in [0.15, 0.2) is 35.3 Å². The largest absolute Gasteiger partial charge is 0.469 e. The van der Waals surface area contributed by atoms with Gasteiger partial charge in [-0.05, 0) is 24.3 Å². The first-order valence-electron chi connectivity index (χ1n) is 9.78. The topological polar surface area (TPSA) is 72.0 Å². The summed E-state index contributed by atoms with van der Waals surface area (Å²) in [6.45, 7) is 5.20. The third-order valence-corrected chi connectivity index (χ3v) is 4.18. The number of aliphatic imine (C=N–C) groups is 1. The van der Waals surface area contributed by atoms with Crippen molar-refractivity contribution in [3.05, 3.63) is 35.9 Å². The van der Waals surface area contributed by atoms with E-state index in [1.165, 1.54) is 12.7 Å². The molecule has 1 unspecified atom stereocenters. The number of carbonyl (C=O) groups is 1. The van der Waals surface area contributed by atoms with Gasteiger partial charge in [0.1, 0.15) is 0 Å². The van der Waals surface area contributed by atoms with Crippen LogP contribution in [0.5, 0.6) is 0 Å². The van der Waals surface area contributed by atoms with Crippen LogP contribution in [0.3, 0.4) is 0 Å². The normalized spacial score (nSPS) is 12.0. The molecule has 0 aromatic heterocycles. The molecular weight excluding hydrogens is 469 g/mol. The smallest absolute Gasteiger partial charge is 0.305 e. The maximum Gasteiger partial charge on any atom is 0.305 e. The molecule has 160 valence electrons. The van der Waals surface area contributed by atoms with Crippen LogP contribution in [0.25, 0.3) is 0 Å². The Morgan fingerprint density at radius 1 is 1.11 bits per heavy atom. The highest BCUT2D eigenvalue weighted by atomic mass is 127. The Morgan fingerprint density at radius 3 is 2.50 bits per heavy atom. The predicted octanol–water partition coefficient (Wildman–Crippen LogP) is 3.75. The first-order valence-corrected chi connectivity index (χ1v) is 9.78. The van der Waals surface area contributed by atoms with Crippen LogP contribution in [-0.4, -0.2) is 45.8 Å². The molecule has 1 aromatic carbocycles. The Kier molecular flexibility index (Phi) is 16.9. The van der Waals surface area contributed by atoms with Crippen LogP contribution in [-0.2, 0) is 20.9 Å². The van der Waals surface area contributed by atoms with Crippen LogP contribution < -0.4 is 10.6 Å². The molecule has 1 aromatic rings. The summed E-state index contributed by atoms with van der Waals surface area (Å²) in [5, 5.41) is 6.66. The van der Waals surface area contributed by atoms with E-state index in [1.54, 1.807) is 7.05 Å². The maximum atomic E-state index is 11.0. The van der Waals surface area contributed by atoms with Gasteiger partial charge in [0.05, 0.1) is 20.3 Å². The fraction of sp³-hybridized carbons (Fsp3) is 0.619. The molecule has 0 saturated heterocycles. The zero-order chi connectivity index (χ0) is 19.7. The lowest BCUT2D eigenvalue weighted by molar-refractivity contribution is -0.140. The summed E-state index contributed by atoms with van der Waals surface area (Å²) in [6.07, 6.45) is 4.58. The summed E-state index contributed by atoms with van der Waals surface area (Å²) in [7, 11) is 3.21. The van der Waals surface area contributed by atoms with E-state index in [-0.39, 0.29) is 29.9 Å². The van der Waals surface area contributed by atoms with Crippen LogP contribution in [0.1, 0.15) is 44.6 Å². The molecule has 7 heteroatoms. The number of unbranched alkanes of at least 4 members (excludes halogenated alkanes) is 3. The van der Waals surface area contributed by atoms with E-state index in [4.69, 9.17) is 4.74 Å². The monoisotopic (exact) mass is 505 g/mol. The molecule has 2 N–H and O–H groups in total. The van der Waals surface area contributed by atoms with E-state index < -0.39 is 0 Å². The van der Waals surface area contributed by atoms with E-state index in [0.29, 0.717) is 25.6 Å². The number of ether oxygens (including phenoxy) is 2. The van der Waals surface area contributed by atoms with Crippen molar-refractivity contribution < 1.29 is 14.3 Å². The number of nitrogens with zero attached hydrogens (tertiary/aromatic N) is 1. The maximum absolute atomic E-state index is 11.0. The SMILES string of the molecule is CN=C(NCCCCCCC(=O)OC)NCC(C)COCc1ccccc1.I. The number of hydrogen-bond acceptors (Lipinski definition) is 4. The van der Waals surface area contributed by atoms with Crippen LogP contribution in [0.4, 0.5) is 0 Å². The third-order valence-electron chi connectivity index (χ3n) is 4.18. The molecule has 0 saturated carbocycles. The summed E-state index contributed by atoms with van der Waals surface area (Å²) in [4.78, 5) is 15.3. The van der Waals surface area contributed by atoms with Crippen molar-refractivity contribution in [3.63, 3.8) is 0 Å². The number of guanidine groups is 1. The lowest BCUT2D eigenvalue weighted by Crippen LogP contribution is -2.40. The molecule has 0 bridgehead atoms. The van der Waals surface area contributed by atoms with Crippen molar-refractivity contribution in [1.82, 2.24) is 10.6 Å². The van der Waals surface area contributed by atoms with Gasteiger partial charge in [-0.1, -0.05) is 50.1 Å². The van der Waals surface area contributed by atoms with Gasteiger partial charge in [0.2, 0.25) is 0 Å². The second-order valence-corrected chi connectivity index (χ2v) is 6.73. The highest BCUT2D eigenvalue weighted by molar-refractivity contribution is 14.0. The number of hydrogen-bond donors (Lipinski definition) is 2. The van der Waals surface area contributed by atoms with Gasteiger partial charge in [-0.2, -0.15) is 0 Å². The van der Waals surface area contributed by atoms with E-state index in [9.17, 15) is 4.79 Å². The molecule has 0 radical (unpaired) electrons. The van der Waals surface area contributed by atoms with Crippen molar-refractivity contribution in [1.29, 1.82) is 0 Å². The average molecular weight is 505 g/mol. The molecule has 0 amide bonds. The second-order valence-electron chi connectivity index (χ2n) is 6.73. The number of methoxy groups -OCH3 is 1. The van der Waals surface area contributed by atoms with Gasteiger partial charge >= 0.3 is 5.97 Å². The Hall–Kier alpha value is -1.35. The number of carbonyl (C=O) groups excluding carboxylic acids is 1. The van der Waals surface area contributed by atoms with E-state index in [2.05, 4.69) is 39.4 Å². The van der Waals surface area contributed by atoms with Crippen molar-refractivity contribution >= 4 is 35.9 Å². The molecule has 1 rings (SSSR count). The van der Waals surface area contributed by atoms with Crippen LogP contribution in [0, 0.1) is 5.92 Å². The van der Waals surface area contributed by atoms with Gasteiger partial charge < -0.3 is 20.1 Å². The van der Waals surface area contributed by atoms with Crippen molar-refractivity contribution in [2.45, 2.75) is 45.6 Å². The predicted molar refractivity (Wildman–Crippen MR) is 125 cm³/mol. The van der Waals surface area contributed by atoms with Crippen LogP contribution in [0.2, 0.25) is 0 Å². The molecule has 0 aliphatic rings. The summed E-state index contributed by atoms with van der Waals surface area (Å²) >= 11 is 0. The fourth-order valence-electron chi connectivity index (χ4n) is 2.56. The van der Waals surface area contributed by atoms with Gasteiger partial charge in [0.25, 0.3) is 0 Å². The quantitative estimate of drug-likeness (QED) is 0.141. The van der Waals surface area contributed by atoms with Gasteiger partial charge in [0.15, 0.2) is 5.96 Å². The van der Waals surface area contributed by atoms with E-state index in [1.807, 2.05) is 18.2 Å². The Balaban J connectivity index is 0.00000729. The first kappa shape index (κ1) is 26.6. The molecule has 0 heterocycles. The van der Waals surface area contributed by atoms with Gasteiger partial charge in [0, 0.05) is 26.6 Å². The standard InChI is InChI=1S/C21H35N3O3.HI/c1-18(16-27-17-19-11-7-6-8-12-19)15-24-21(22-2)23-14-10-5-4-9-13-20(25)26-3;/h6-8,11-12,18H,4-5,9-10,13-17H2,1-3H3,(H2,22,23,24);1H. The van der Waals surface area contributed by atoms with Crippen LogP contribution >= 0.6 is 24.0 Å². The molecule has 28 heavy (non-hydrogen) atoms. The molecule has 0 spiro atoms. The second kappa shape index (κ2) is 17.7. The summed E-state index contributed by atoms with van der Waals surface area (Å²) in [6, 6.07) is 10.2. The zero-order valence-corrected chi connectivity index (χ0v) is 19.7. The summed E-state index contributed by atoms with van der Waals surface area (Å²) in [5.74, 6) is 1.09. The lowest BCUT2D eigenvalue weighted by atomic mass is 10.1. The Bertz CT molecular complexity index is 541. The zero-order valence-electron chi connectivity index (χ0n) is 17.4. The molecule has 6 nitrogen and oxygen atoms in total. The van der Waals surface area contributed by atoms with Crippen molar-refractivity contribution in [2.24, 2.45) is 10.9 Å². The summed E-state index contributed by atoms with van der Waals surface area (Å²) < 4.78 is 10.4. The highest BCUT2D eigenvalue weighted by Crippen LogP contribution is 2.04. The number of benzene rings is 1. The van der Waals surface area contributed by atoms with Gasteiger partial charge in [-0.15, -0.1) is 24.0 Å². The number of halogens is 1. The first-order chi connectivity index (χ1) is 13.2. The molecular formula is C21H36IN3O3. The van der Waals surface area contributed by atoms with Gasteiger partial charge in [-0.3, -0.25) is 9.79 Å². The number of nitrogens with one attached hydrogen (secondary N) is 2. The van der Waals surface area contributed by atoms with E-state index in [0.717, 1.165) is 44.7 Å². The molecule has 0 aliphatic heterocycles. The van der Waals surface area contributed by atoms with Crippen molar-refractivity contribution in [2.75, 3.05) is 33.9 Å². The minimum absolute atomic E-state index is 0. The molecule has 1 atom stereocenters. The minimum atomic E-state index is -0.125. The highest BCUT2D eigenvalue weighted by Gasteiger charge is 2.05. The third kappa shape index (κ3) is 13.8.